The first kappa shape index (κ1) is 26.8. The Morgan fingerprint density at radius 1 is 0.947 bits per heavy atom. The van der Waals surface area contributed by atoms with Crippen molar-refractivity contribution in [3.05, 3.63) is 95.2 Å². The van der Waals surface area contributed by atoms with Crippen molar-refractivity contribution in [3.63, 3.8) is 0 Å². The van der Waals surface area contributed by atoms with Crippen LogP contribution in [0.25, 0.3) is 0 Å². The molecule has 0 aromatic heterocycles. The van der Waals surface area contributed by atoms with Gasteiger partial charge >= 0.3 is 0 Å². The number of thioether (sulfide) groups is 1. The fourth-order valence-corrected chi connectivity index (χ4v) is 4.78. The van der Waals surface area contributed by atoms with Crippen molar-refractivity contribution >= 4 is 40.1 Å². The lowest BCUT2D eigenvalue weighted by Gasteiger charge is -2.27. The molecule has 0 bridgehead atoms. The molecule has 3 N–H and O–H groups in total. The summed E-state index contributed by atoms with van der Waals surface area (Å²) >= 11 is 1.27. The summed E-state index contributed by atoms with van der Waals surface area (Å²) in [5.41, 5.74) is 4.22. The van der Waals surface area contributed by atoms with Crippen LogP contribution < -0.4 is 25.4 Å². The smallest absolute Gasteiger partial charge is 0.255 e. The van der Waals surface area contributed by atoms with Gasteiger partial charge in [-0.05, 0) is 49.7 Å². The maximum atomic E-state index is 13.5. The summed E-state index contributed by atoms with van der Waals surface area (Å²) in [6, 6.07) is 21.6. The predicted molar refractivity (Wildman–Crippen MR) is 153 cm³/mol. The third kappa shape index (κ3) is 6.36. The van der Waals surface area contributed by atoms with E-state index in [9.17, 15) is 9.59 Å². The van der Waals surface area contributed by atoms with E-state index in [1.54, 1.807) is 26.4 Å². The number of anilines is 2. The van der Waals surface area contributed by atoms with E-state index in [-0.39, 0.29) is 17.6 Å². The fraction of sp³-hybridized carbons (Fsp3) is 0.207. The van der Waals surface area contributed by atoms with Gasteiger partial charge in [-0.2, -0.15) is 0 Å². The van der Waals surface area contributed by atoms with Crippen molar-refractivity contribution in [1.29, 1.82) is 0 Å². The van der Waals surface area contributed by atoms with Crippen LogP contribution >= 0.6 is 11.8 Å². The van der Waals surface area contributed by atoms with Gasteiger partial charge in [0, 0.05) is 28.7 Å². The number of aliphatic imine (C=N–C) groups is 1. The van der Waals surface area contributed by atoms with Crippen LogP contribution in [0, 0.1) is 6.92 Å². The van der Waals surface area contributed by atoms with Crippen LogP contribution in [0.1, 0.15) is 24.1 Å². The lowest BCUT2D eigenvalue weighted by molar-refractivity contribution is -0.114. The Balaban J connectivity index is 1.61. The summed E-state index contributed by atoms with van der Waals surface area (Å²) in [4.78, 5) is 31.0. The summed E-state index contributed by atoms with van der Waals surface area (Å²) in [7, 11) is 3.14. The molecule has 196 valence electrons. The molecule has 1 aliphatic rings. The summed E-state index contributed by atoms with van der Waals surface area (Å²) in [6.45, 7) is 3.77. The van der Waals surface area contributed by atoms with Crippen LogP contribution in [-0.4, -0.2) is 37.0 Å². The molecule has 3 aromatic rings. The van der Waals surface area contributed by atoms with Crippen molar-refractivity contribution in [2.45, 2.75) is 19.9 Å². The molecule has 2 amide bonds. The number of methoxy groups -OCH3 is 2. The summed E-state index contributed by atoms with van der Waals surface area (Å²) in [5, 5.41) is 9.63. The standard InChI is InChI=1S/C29H30N4O4S/c1-18-10-8-9-13-23(18)32-25(34)17-38-29-30-19(2)26(28(35)31-20-11-6-5-7-12-20)27(33-29)22-15-14-21(36-3)16-24(22)37-4/h5-16,27H,17H2,1-4H3,(H,30,33)(H,31,35)(H,32,34)/t27-/m0/s1. The number of benzene rings is 3. The van der Waals surface area contributed by atoms with Crippen LogP contribution in [-0.2, 0) is 9.59 Å². The van der Waals surface area contributed by atoms with E-state index in [1.807, 2.05) is 74.5 Å². The molecular weight excluding hydrogens is 500 g/mol. The van der Waals surface area contributed by atoms with Crippen molar-refractivity contribution in [2.24, 2.45) is 4.99 Å². The molecule has 1 aliphatic heterocycles. The van der Waals surface area contributed by atoms with Gasteiger partial charge in [0.1, 0.15) is 17.5 Å². The molecule has 9 heteroatoms. The number of hydrogen-bond acceptors (Lipinski definition) is 7. The van der Waals surface area contributed by atoms with Gasteiger partial charge in [0.15, 0.2) is 5.17 Å². The van der Waals surface area contributed by atoms with Crippen LogP contribution in [0.2, 0.25) is 0 Å². The number of carbonyl (C=O) groups is 2. The minimum Gasteiger partial charge on any atom is -0.497 e. The maximum Gasteiger partial charge on any atom is 0.255 e. The molecule has 1 heterocycles. The van der Waals surface area contributed by atoms with Crippen LogP contribution in [0.3, 0.4) is 0 Å². The second-order valence-corrected chi connectivity index (χ2v) is 9.54. The molecule has 0 fully saturated rings. The Labute approximate surface area is 226 Å². The highest BCUT2D eigenvalue weighted by atomic mass is 32.2. The minimum atomic E-state index is -0.664. The molecule has 4 rings (SSSR count). The highest BCUT2D eigenvalue weighted by Gasteiger charge is 2.32. The quantitative estimate of drug-likeness (QED) is 0.366. The molecule has 0 aliphatic carbocycles. The van der Waals surface area contributed by atoms with Gasteiger partial charge in [-0.1, -0.05) is 48.2 Å². The number of aryl methyl sites for hydroxylation is 1. The van der Waals surface area contributed by atoms with E-state index in [2.05, 4.69) is 16.0 Å². The fourth-order valence-electron chi connectivity index (χ4n) is 4.04. The Bertz CT molecular complexity index is 1390. The molecular formula is C29H30N4O4S. The van der Waals surface area contributed by atoms with Crippen molar-refractivity contribution in [2.75, 3.05) is 30.6 Å². The topological polar surface area (TPSA) is 101 Å². The maximum absolute atomic E-state index is 13.5. The zero-order valence-electron chi connectivity index (χ0n) is 21.7. The molecule has 0 radical (unpaired) electrons. The largest absolute Gasteiger partial charge is 0.497 e. The van der Waals surface area contributed by atoms with Crippen LogP contribution in [0.4, 0.5) is 11.4 Å². The predicted octanol–water partition coefficient (Wildman–Crippen LogP) is 5.30. The van der Waals surface area contributed by atoms with Gasteiger partial charge < -0.3 is 25.4 Å². The van der Waals surface area contributed by atoms with Crippen LogP contribution in [0.5, 0.6) is 11.5 Å². The van der Waals surface area contributed by atoms with Crippen molar-refractivity contribution in [3.8, 4) is 11.5 Å². The van der Waals surface area contributed by atoms with E-state index in [1.165, 1.54) is 11.8 Å². The van der Waals surface area contributed by atoms with E-state index in [0.29, 0.717) is 39.2 Å². The molecule has 38 heavy (non-hydrogen) atoms. The number of nitrogens with zero attached hydrogens (tertiary/aromatic N) is 1. The lowest BCUT2D eigenvalue weighted by atomic mass is 9.95. The number of amides is 2. The number of rotatable bonds is 8. The van der Waals surface area contributed by atoms with Gasteiger partial charge in [-0.3, -0.25) is 9.59 Å². The number of amidine groups is 1. The van der Waals surface area contributed by atoms with E-state index in [4.69, 9.17) is 14.5 Å². The van der Waals surface area contributed by atoms with Gasteiger partial charge in [0.2, 0.25) is 5.91 Å². The molecule has 1 atom stereocenters. The van der Waals surface area contributed by atoms with Crippen LogP contribution in [0.15, 0.2) is 89.1 Å². The highest BCUT2D eigenvalue weighted by Crippen LogP contribution is 2.39. The Morgan fingerprint density at radius 3 is 2.39 bits per heavy atom. The number of nitrogens with one attached hydrogen (secondary N) is 3. The van der Waals surface area contributed by atoms with E-state index >= 15 is 0 Å². The molecule has 3 aromatic carbocycles. The molecule has 0 unspecified atom stereocenters. The summed E-state index contributed by atoms with van der Waals surface area (Å²) < 4.78 is 11.0. The molecule has 8 nitrogen and oxygen atoms in total. The number of ether oxygens (including phenoxy) is 2. The zero-order valence-corrected chi connectivity index (χ0v) is 22.5. The van der Waals surface area contributed by atoms with Crippen molar-refractivity contribution in [1.82, 2.24) is 5.32 Å². The second kappa shape index (κ2) is 12.3. The van der Waals surface area contributed by atoms with E-state index in [0.717, 1.165) is 11.3 Å². The number of allylic oxidation sites excluding steroid dienone is 1. The second-order valence-electron chi connectivity index (χ2n) is 8.58. The SMILES string of the molecule is COc1ccc([C@@H]2N=C(SCC(=O)Nc3ccccc3C)NC(C)=C2C(=O)Nc2ccccc2)c(OC)c1. The Morgan fingerprint density at radius 2 is 1.68 bits per heavy atom. The first-order valence-electron chi connectivity index (χ1n) is 12.0. The Kier molecular flexibility index (Phi) is 8.70. The third-order valence-electron chi connectivity index (χ3n) is 5.99. The van der Waals surface area contributed by atoms with Gasteiger partial charge in [0.25, 0.3) is 5.91 Å². The number of carbonyl (C=O) groups excluding carboxylic acids is 2. The normalized spacial score (nSPS) is 14.7. The summed E-state index contributed by atoms with van der Waals surface area (Å²) in [5.74, 6) is 0.878. The lowest BCUT2D eigenvalue weighted by Crippen LogP contribution is -2.33. The van der Waals surface area contributed by atoms with Gasteiger partial charge in [-0.15, -0.1) is 0 Å². The highest BCUT2D eigenvalue weighted by molar-refractivity contribution is 8.14. The van der Waals surface area contributed by atoms with Gasteiger partial charge in [0.05, 0.1) is 25.5 Å². The first-order chi connectivity index (χ1) is 18.4. The zero-order chi connectivity index (χ0) is 27.1. The summed E-state index contributed by atoms with van der Waals surface area (Å²) in [6.07, 6.45) is 0. The number of hydrogen-bond donors (Lipinski definition) is 3. The average molecular weight is 531 g/mol. The Hall–Kier alpha value is -4.24. The van der Waals surface area contributed by atoms with E-state index < -0.39 is 6.04 Å². The minimum absolute atomic E-state index is 0.144. The monoisotopic (exact) mass is 530 g/mol. The number of para-hydroxylation sites is 2. The average Bonchev–Trinajstić information content (AvgIpc) is 2.93. The third-order valence-corrected chi connectivity index (χ3v) is 6.88. The van der Waals surface area contributed by atoms with Crippen molar-refractivity contribution < 1.29 is 19.1 Å². The van der Waals surface area contributed by atoms with Gasteiger partial charge in [-0.25, -0.2) is 4.99 Å². The molecule has 0 saturated heterocycles. The molecule has 0 spiro atoms. The first-order valence-corrected chi connectivity index (χ1v) is 13.0. The molecule has 0 saturated carbocycles.